The number of nitrogens with one attached hydrogen (secondary N) is 1. The number of carbonyl (C=O) groups excluding carboxylic acids is 1. The van der Waals surface area contributed by atoms with E-state index >= 15 is 0 Å². The van der Waals surface area contributed by atoms with Crippen LogP contribution >= 0.6 is 0 Å². The van der Waals surface area contributed by atoms with E-state index in [9.17, 15) is 13.6 Å². The van der Waals surface area contributed by atoms with Gasteiger partial charge < -0.3 is 19.9 Å². The summed E-state index contributed by atoms with van der Waals surface area (Å²) in [5, 5.41) is 2.91. The Bertz CT molecular complexity index is 763. The number of carbonyl (C=O) groups is 1. The van der Waals surface area contributed by atoms with E-state index < -0.39 is 0 Å². The molecule has 1 heterocycles. The van der Waals surface area contributed by atoms with E-state index in [0.29, 0.717) is 50.8 Å². The summed E-state index contributed by atoms with van der Waals surface area (Å²) in [5.41, 5.74) is 0.587. The van der Waals surface area contributed by atoms with Gasteiger partial charge in [0.25, 0.3) is 0 Å². The minimum atomic E-state index is -0.287. The van der Waals surface area contributed by atoms with Crippen molar-refractivity contribution < 1.29 is 18.3 Å². The molecule has 1 N–H and O–H groups in total. The first-order valence-corrected chi connectivity index (χ1v) is 9.54. The van der Waals surface area contributed by atoms with Crippen LogP contribution in [-0.4, -0.2) is 50.3 Å². The van der Waals surface area contributed by atoms with Gasteiger partial charge in [-0.3, -0.25) is 0 Å². The first-order chi connectivity index (χ1) is 13.6. The van der Waals surface area contributed by atoms with Crippen molar-refractivity contribution in [2.75, 3.05) is 44.2 Å². The Morgan fingerprint density at radius 2 is 1.68 bits per heavy atom. The molecule has 2 aromatic carbocycles. The first-order valence-electron chi connectivity index (χ1n) is 9.54. The fourth-order valence-electron chi connectivity index (χ4n) is 3.11. The van der Waals surface area contributed by atoms with Crippen molar-refractivity contribution in [1.82, 2.24) is 10.2 Å². The highest BCUT2D eigenvalue weighted by molar-refractivity contribution is 5.74. The average Bonchev–Trinajstić information content (AvgIpc) is 2.72. The van der Waals surface area contributed by atoms with Crippen LogP contribution in [0.5, 0.6) is 5.75 Å². The molecule has 0 unspecified atom stereocenters. The maximum atomic E-state index is 13.9. The van der Waals surface area contributed by atoms with Gasteiger partial charge in [-0.15, -0.1) is 0 Å². The molecular formula is C21H25F2N3O2. The van der Waals surface area contributed by atoms with Crippen LogP contribution in [0.15, 0.2) is 48.5 Å². The lowest BCUT2D eigenvalue weighted by molar-refractivity contribution is 0.193. The highest BCUT2D eigenvalue weighted by Crippen LogP contribution is 2.20. The second-order valence-corrected chi connectivity index (χ2v) is 6.67. The molecular weight excluding hydrogens is 364 g/mol. The van der Waals surface area contributed by atoms with Crippen LogP contribution in [0.4, 0.5) is 19.3 Å². The third-order valence-electron chi connectivity index (χ3n) is 4.69. The van der Waals surface area contributed by atoms with E-state index in [-0.39, 0.29) is 17.7 Å². The van der Waals surface area contributed by atoms with Gasteiger partial charge in [-0.05, 0) is 49.2 Å². The molecule has 0 radical (unpaired) electrons. The van der Waals surface area contributed by atoms with E-state index in [1.54, 1.807) is 29.2 Å². The van der Waals surface area contributed by atoms with E-state index in [2.05, 4.69) is 5.32 Å². The zero-order valence-corrected chi connectivity index (χ0v) is 15.7. The monoisotopic (exact) mass is 389 g/mol. The molecule has 150 valence electrons. The van der Waals surface area contributed by atoms with E-state index in [1.807, 2.05) is 11.0 Å². The summed E-state index contributed by atoms with van der Waals surface area (Å²) in [6.45, 7) is 3.43. The Balaban J connectivity index is 1.29. The van der Waals surface area contributed by atoms with Crippen LogP contribution in [0, 0.1) is 11.6 Å². The van der Waals surface area contributed by atoms with Crippen LogP contribution in [0.1, 0.15) is 12.8 Å². The number of halogens is 2. The second-order valence-electron chi connectivity index (χ2n) is 6.67. The Morgan fingerprint density at radius 3 is 2.39 bits per heavy atom. The fourth-order valence-corrected chi connectivity index (χ4v) is 3.11. The maximum absolute atomic E-state index is 13.9. The topological polar surface area (TPSA) is 44.8 Å². The Kier molecular flexibility index (Phi) is 7.06. The summed E-state index contributed by atoms with van der Waals surface area (Å²) in [7, 11) is 0. The van der Waals surface area contributed by atoms with Crippen LogP contribution in [0.3, 0.4) is 0 Å². The number of amides is 2. The highest BCUT2D eigenvalue weighted by atomic mass is 19.1. The third kappa shape index (κ3) is 5.58. The predicted octanol–water partition coefficient (Wildman–Crippen LogP) is 3.66. The minimum Gasteiger partial charge on any atom is -0.494 e. The van der Waals surface area contributed by atoms with Gasteiger partial charge >= 0.3 is 6.03 Å². The molecule has 28 heavy (non-hydrogen) atoms. The van der Waals surface area contributed by atoms with Gasteiger partial charge in [-0.25, -0.2) is 13.6 Å². The summed E-state index contributed by atoms with van der Waals surface area (Å²) in [6.07, 6.45) is 1.58. The molecule has 2 aromatic rings. The summed E-state index contributed by atoms with van der Waals surface area (Å²) in [6, 6.07) is 12.5. The maximum Gasteiger partial charge on any atom is 0.317 e. The zero-order chi connectivity index (χ0) is 19.8. The van der Waals surface area contributed by atoms with Gasteiger partial charge in [0.1, 0.15) is 17.4 Å². The molecule has 0 saturated carbocycles. The number of para-hydroxylation sites is 1. The molecule has 0 aromatic heterocycles. The molecule has 1 aliphatic rings. The second kappa shape index (κ2) is 9.92. The number of urea groups is 1. The molecule has 1 saturated heterocycles. The van der Waals surface area contributed by atoms with Crippen molar-refractivity contribution in [1.29, 1.82) is 0 Å². The molecule has 1 aliphatic heterocycles. The van der Waals surface area contributed by atoms with Gasteiger partial charge in [-0.2, -0.15) is 0 Å². The number of hydrogen-bond donors (Lipinski definition) is 1. The largest absolute Gasteiger partial charge is 0.494 e. The molecule has 5 nitrogen and oxygen atoms in total. The molecule has 1 fully saturated rings. The predicted molar refractivity (Wildman–Crippen MR) is 105 cm³/mol. The fraction of sp³-hybridized carbons (Fsp3) is 0.381. The van der Waals surface area contributed by atoms with Crippen molar-refractivity contribution in [3.05, 3.63) is 60.2 Å². The lowest BCUT2D eigenvalue weighted by atomic mass is 10.2. The highest BCUT2D eigenvalue weighted by Gasteiger charge is 2.22. The molecule has 0 spiro atoms. The lowest BCUT2D eigenvalue weighted by Gasteiger charge is -2.36. The average molecular weight is 389 g/mol. The molecule has 0 bridgehead atoms. The number of nitrogens with zero attached hydrogens (tertiary/aromatic N) is 2. The van der Waals surface area contributed by atoms with Gasteiger partial charge in [0.2, 0.25) is 0 Å². The van der Waals surface area contributed by atoms with Crippen LogP contribution in [0.2, 0.25) is 0 Å². The van der Waals surface area contributed by atoms with Crippen molar-refractivity contribution >= 4 is 11.7 Å². The van der Waals surface area contributed by atoms with Gasteiger partial charge in [-0.1, -0.05) is 12.1 Å². The molecule has 7 heteroatoms. The van der Waals surface area contributed by atoms with E-state index in [1.165, 1.54) is 18.2 Å². The van der Waals surface area contributed by atoms with Gasteiger partial charge in [0.05, 0.1) is 12.3 Å². The first kappa shape index (κ1) is 19.9. The van der Waals surface area contributed by atoms with E-state index in [4.69, 9.17) is 4.74 Å². The summed E-state index contributed by atoms with van der Waals surface area (Å²) in [4.78, 5) is 16.0. The smallest absolute Gasteiger partial charge is 0.317 e. The molecule has 2 amide bonds. The van der Waals surface area contributed by atoms with Gasteiger partial charge in [0.15, 0.2) is 0 Å². The molecule has 0 atom stereocenters. The van der Waals surface area contributed by atoms with Crippen LogP contribution in [0.25, 0.3) is 0 Å². The van der Waals surface area contributed by atoms with Crippen molar-refractivity contribution in [2.24, 2.45) is 0 Å². The quantitative estimate of drug-likeness (QED) is 0.735. The number of unbranched alkanes of at least 4 members (excludes halogenated alkanes) is 1. The molecule has 0 aliphatic carbocycles. The number of rotatable bonds is 7. The number of ether oxygens (including phenoxy) is 1. The SMILES string of the molecule is O=C(NCCCCOc1ccc(F)cc1)N1CCN(c2ccccc2F)CC1. The number of benzene rings is 2. The normalized spacial score (nSPS) is 14.1. The van der Waals surface area contributed by atoms with Crippen LogP contribution < -0.4 is 15.0 Å². The zero-order valence-electron chi connectivity index (χ0n) is 15.7. The summed E-state index contributed by atoms with van der Waals surface area (Å²) >= 11 is 0. The minimum absolute atomic E-state index is 0.0902. The van der Waals surface area contributed by atoms with Crippen LogP contribution in [-0.2, 0) is 0 Å². The summed E-state index contributed by atoms with van der Waals surface area (Å²) < 4.78 is 32.2. The number of piperazine rings is 1. The van der Waals surface area contributed by atoms with Crippen molar-refractivity contribution in [2.45, 2.75) is 12.8 Å². The number of hydrogen-bond acceptors (Lipinski definition) is 3. The Labute approximate surface area is 163 Å². The van der Waals surface area contributed by atoms with E-state index in [0.717, 1.165) is 12.8 Å². The molecule has 3 rings (SSSR count). The Hall–Kier alpha value is -2.83. The summed E-state index contributed by atoms with van der Waals surface area (Å²) in [5.74, 6) is 0.117. The standard InChI is InChI=1S/C21H25F2N3O2/c22-17-7-9-18(10-8-17)28-16-4-3-11-24-21(27)26-14-12-25(13-15-26)20-6-2-1-5-19(20)23/h1-2,5-10H,3-4,11-16H2,(H,24,27). The Morgan fingerprint density at radius 1 is 0.964 bits per heavy atom. The lowest BCUT2D eigenvalue weighted by Crippen LogP contribution is -2.52. The number of anilines is 1. The van der Waals surface area contributed by atoms with Crippen molar-refractivity contribution in [3.8, 4) is 5.75 Å². The third-order valence-corrected chi connectivity index (χ3v) is 4.69. The van der Waals surface area contributed by atoms with Gasteiger partial charge in [0, 0.05) is 32.7 Å². The van der Waals surface area contributed by atoms with Crippen molar-refractivity contribution in [3.63, 3.8) is 0 Å².